The molecule has 1 N–H and O–H groups in total. The van der Waals surface area contributed by atoms with Crippen LogP contribution in [0.3, 0.4) is 0 Å². The highest BCUT2D eigenvalue weighted by Crippen LogP contribution is 2.30. The van der Waals surface area contributed by atoms with Gasteiger partial charge in [0.05, 0.1) is 17.6 Å². The van der Waals surface area contributed by atoms with E-state index in [0.717, 1.165) is 27.8 Å². The van der Waals surface area contributed by atoms with Gasteiger partial charge in [-0.25, -0.2) is 4.68 Å². The number of hydrogen-bond acceptors (Lipinski definition) is 5. The number of rotatable bonds is 6. The van der Waals surface area contributed by atoms with Crippen LogP contribution in [0.5, 0.6) is 5.88 Å². The fraction of sp³-hybridized carbons (Fsp3) is 0.304. The third-order valence-corrected chi connectivity index (χ3v) is 5.25. The Kier molecular flexibility index (Phi) is 5.46. The highest BCUT2D eigenvalue weighted by Gasteiger charge is 2.18. The predicted molar refractivity (Wildman–Crippen MR) is 119 cm³/mol. The molecule has 31 heavy (non-hydrogen) atoms. The fourth-order valence-electron chi connectivity index (χ4n) is 3.58. The Morgan fingerprint density at radius 3 is 2.61 bits per heavy atom. The van der Waals surface area contributed by atoms with Crippen LogP contribution in [0, 0.1) is 13.8 Å². The van der Waals surface area contributed by atoms with Crippen molar-refractivity contribution in [3.8, 4) is 17.1 Å². The number of ether oxygens (including phenoxy) is 1. The number of nitrogens with zero attached hydrogens (tertiary/aromatic N) is 5. The van der Waals surface area contributed by atoms with Gasteiger partial charge in [0.1, 0.15) is 5.69 Å². The molecule has 0 bridgehead atoms. The van der Waals surface area contributed by atoms with Crippen molar-refractivity contribution < 1.29 is 9.53 Å². The van der Waals surface area contributed by atoms with E-state index in [1.165, 1.54) is 5.56 Å². The molecular weight excluding hydrogens is 392 g/mol. The largest absolute Gasteiger partial charge is 0.468 e. The number of benzene rings is 1. The normalized spacial score (nSPS) is 12.2. The second kappa shape index (κ2) is 8.22. The summed E-state index contributed by atoms with van der Waals surface area (Å²) in [5, 5.41) is 12.8. The summed E-state index contributed by atoms with van der Waals surface area (Å²) in [5.74, 6) is 0.192. The average molecular weight is 419 g/mol. The number of carbonyl (C=O) groups excluding carboxylic acids is 1. The van der Waals surface area contributed by atoms with E-state index in [1.807, 2.05) is 71.4 Å². The van der Waals surface area contributed by atoms with Crippen molar-refractivity contribution in [2.45, 2.75) is 26.8 Å². The molecule has 0 saturated heterocycles. The van der Waals surface area contributed by atoms with E-state index in [-0.39, 0.29) is 18.6 Å². The van der Waals surface area contributed by atoms with Crippen molar-refractivity contribution >= 4 is 16.9 Å². The van der Waals surface area contributed by atoms with Gasteiger partial charge in [0.2, 0.25) is 5.88 Å². The molecule has 0 aliphatic carbocycles. The molecule has 1 atom stereocenters. The molecule has 1 amide bonds. The summed E-state index contributed by atoms with van der Waals surface area (Å²) >= 11 is 0. The molecule has 0 fully saturated rings. The highest BCUT2D eigenvalue weighted by molar-refractivity contribution is 5.93. The zero-order chi connectivity index (χ0) is 22.1. The monoisotopic (exact) mass is 418 g/mol. The second-order valence-corrected chi connectivity index (χ2v) is 7.84. The summed E-state index contributed by atoms with van der Waals surface area (Å²) in [6, 6.07) is 9.83. The number of fused-ring (bicyclic) bond motifs is 1. The maximum atomic E-state index is 12.4. The molecule has 0 radical (unpaired) electrons. The molecule has 0 saturated carbocycles. The van der Waals surface area contributed by atoms with Crippen molar-refractivity contribution in [3.63, 3.8) is 0 Å². The van der Waals surface area contributed by atoms with Crippen LogP contribution in [0.25, 0.3) is 22.3 Å². The molecule has 160 valence electrons. The van der Waals surface area contributed by atoms with Gasteiger partial charge in [0.15, 0.2) is 12.3 Å². The summed E-state index contributed by atoms with van der Waals surface area (Å²) in [6.45, 7) is 5.86. The molecule has 1 aromatic carbocycles. The number of aromatic nitrogens is 5. The topological polar surface area (TPSA) is 86.9 Å². The van der Waals surface area contributed by atoms with E-state index in [0.29, 0.717) is 11.5 Å². The Labute approximate surface area is 180 Å². The lowest BCUT2D eigenvalue weighted by atomic mass is 10.1. The fourth-order valence-corrected chi connectivity index (χ4v) is 3.58. The average Bonchev–Trinajstić information content (AvgIpc) is 3.30. The van der Waals surface area contributed by atoms with E-state index in [9.17, 15) is 4.79 Å². The van der Waals surface area contributed by atoms with Crippen LogP contribution >= 0.6 is 0 Å². The molecule has 8 heteroatoms. The van der Waals surface area contributed by atoms with Gasteiger partial charge in [-0.3, -0.25) is 9.48 Å². The number of amides is 1. The van der Waals surface area contributed by atoms with Crippen molar-refractivity contribution in [1.29, 1.82) is 0 Å². The van der Waals surface area contributed by atoms with Crippen LogP contribution < -0.4 is 10.1 Å². The minimum Gasteiger partial charge on any atom is -0.468 e. The first-order chi connectivity index (χ1) is 14.8. The zero-order valence-corrected chi connectivity index (χ0v) is 18.4. The quantitative estimate of drug-likeness (QED) is 0.519. The lowest BCUT2D eigenvalue weighted by molar-refractivity contribution is -0.123. The summed E-state index contributed by atoms with van der Waals surface area (Å²) < 4.78 is 9.17. The van der Waals surface area contributed by atoms with E-state index in [1.54, 1.807) is 15.6 Å². The van der Waals surface area contributed by atoms with Gasteiger partial charge in [-0.1, -0.05) is 29.8 Å². The summed E-state index contributed by atoms with van der Waals surface area (Å²) in [5.41, 5.74) is 5.65. The van der Waals surface area contributed by atoms with Gasteiger partial charge in [0, 0.05) is 31.9 Å². The Bertz CT molecular complexity index is 1240. The maximum Gasteiger partial charge on any atom is 0.258 e. The van der Waals surface area contributed by atoms with Gasteiger partial charge < -0.3 is 10.1 Å². The molecule has 0 aliphatic heterocycles. The Hall–Kier alpha value is -3.68. The number of hydrogen-bond donors (Lipinski definition) is 1. The number of aryl methyl sites for hydroxylation is 4. The Morgan fingerprint density at radius 2 is 1.94 bits per heavy atom. The molecule has 4 rings (SSSR count). The van der Waals surface area contributed by atoms with E-state index < -0.39 is 0 Å². The minimum atomic E-state index is -0.200. The van der Waals surface area contributed by atoms with Crippen LogP contribution in [-0.4, -0.2) is 37.1 Å². The van der Waals surface area contributed by atoms with Crippen molar-refractivity contribution in [2.24, 2.45) is 14.1 Å². The van der Waals surface area contributed by atoms with Crippen LogP contribution in [0.1, 0.15) is 29.7 Å². The lowest BCUT2D eigenvalue weighted by Gasteiger charge is -2.15. The molecule has 4 aromatic rings. The SMILES string of the molecule is Cc1ccc(C(C)NC(=O)COc2cc(C)c3c(-c4cnn(C)c4)nn(C)c3n2)cc1. The Morgan fingerprint density at radius 1 is 1.19 bits per heavy atom. The summed E-state index contributed by atoms with van der Waals surface area (Å²) in [7, 11) is 3.71. The van der Waals surface area contributed by atoms with Crippen molar-refractivity contribution in [3.05, 3.63) is 59.4 Å². The first-order valence-electron chi connectivity index (χ1n) is 10.1. The van der Waals surface area contributed by atoms with Crippen molar-refractivity contribution in [2.75, 3.05) is 6.61 Å². The predicted octanol–water partition coefficient (Wildman–Crippen LogP) is 3.24. The molecule has 3 heterocycles. The minimum absolute atomic E-state index is 0.104. The summed E-state index contributed by atoms with van der Waals surface area (Å²) in [4.78, 5) is 17.0. The third-order valence-electron chi connectivity index (χ3n) is 5.25. The molecule has 0 aliphatic rings. The highest BCUT2D eigenvalue weighted by atomic mass is 16.5. The first-order valence-corrected chi connectivity index (χ1v) is 10.1. The van der Waals surface area contributed by atoms with Gasteiger partial charge in [0.25, 0.3) is 5.91 Å². The second-order valence-electron chi connectivity index (χ2n) is 7.84. The van der Waals surface area contributed by atoms with Crippen molar-refractivity contribution in [1.82, 2.24) is 29.9 Å². The van der Waals surface area contributed by atoms with Gasteiger partial charge in [-0.2, -0.15) is 15.2 Å². The smallest absolute Gasteiger partial charge is 0.258 e. The number of nitrogens with one attached hydrogen (secondary N) is 1. The van der Waals surface area contributed by atoms with E-state index >= 15 is 0 Å². The number of carbonyl (C=O) groups is 1. The van der Waals surface area contributed by atoms with Crippen LogP contribution in [0.2, 0.25) is 0 Å². The molecular formula is C23H26N6O2. The molecule has 1 unspecified atom stereocenters. The third kappa shape index (κ3) is 4.28. The molecule has 8 nitrogen and oxygen atoms in total. The number of pyridine rings is 1. The van der Waals surface area contributed by atoms with Gasteiger partial charge in [-0.05, 0) is 31.9 Å². The van der Waals surface area contributed by atoms with Gasteiger partial charge in [-0.15, -0.1) is 0 Å². The standard InChI is InChI=1S/C23H26N6O2/c1-14-6-8-17(9-7-14)16(3)25-19(30)13-31-20-10-15(2)21-22(18-11-24-28(4)12-18)27-29(5)23(21)26-20/h6-12,16H,13H2,1-5H3,(H,25,30). The van der Waals surface area contributed by atoms with E-state index in [2.05, 4.69) is 20.5 Å². The Balaban J connectivity index is 1.48. The molecule has 0 spiro atoms. The zero-order valence-electron chi connectivity index (χ0n) is 18.4. The summed E-state index contributed by atoms with van der Waals surface area (Å²) in [6.07, 6.45) is 3.70. The molecule has 3 aromatic heterocycles. The van der Waals surface area contributed by atoms with E-state index in [4.69, 9.17) is 4.74 Å². The van der Waals surface area contributed by atoms with Crippen LogP contribution in [0.4, 0.5) is 0 Å². The van der Waals surface area contributed by atoms with Gasteiger partial charge >= 0.3 is 0 Å². The van der Waals surface area contributed by atoms with Crippen LogP contribution in [0.15, 0.2) is 42.7 Å². The first kappa shape index (κ1) is 20.6. The lowest BCUT2D eigenvalue weighted by Crippen LogP contribution is -2.31. The maximum absolute atomic E-state index is 12.4. The van der Waals surface area contributed by atoms with Crippen LogP contribution in [-0.2, 0) is 18.9 Å².